The van der Waals surface area contributed by atoms with Crippen molar-refractivity contribution >= 4 is 6.01 Å². The average molecular weight is 226 g/mol. The monoisotopic (exact) mass is 226 g/mol. The lowest BCUT2D eigenvalue weighted by Gasteiger charge is -2.19. The van der Waals surface area contributed by atoms with E-state index in [4.69, 9.17) is 4.42 Å². The first-order chi connectivity index (χ1) is 7.29. The zero-order valence-electron chi connectivity index (χ0n) is 11.0. The van der Waals surface area contributed by atoms with E-state index in [0.717, 1.165) is 0 Å². The highest BCUT2D eigenvalue weighted by atomic mass is 16.4. The minimum absolute atomic E-state index is 0.0541. The molecule has 1 aromatic rings. The smallest absolute Gasteiger partial charge is 0.318 e. The summed E-state index contributed by atoms with van der Waals surface area (Å²) >= 11 is 0. The average Bonchev–Trinajstić information content (AvgIpc) is 2.60. The molecule has 0 radical (unpaired) electrons. The van der Waals surface area contributed by atoms with Gasteiger partial charge >= 0.3 is 6.01 Å². The summed E-state index contributed by atoms with van der Waals surface area (Å²) in [6, 6.07) is 0.921. The molecule has 0 aliphatic heterocycles. The molecule has 0 atom stereocenters. The highest BCUT2D eigenvalue weighted by Gasteiger charge is 2.15. The molecule has 0 amide bonds. The summed E-state index contributed by atoms with van der Waals surface area (Å²) in [5, 5.41) is 11.3. The van der Waals surface area contributed by atoms with E-state index in [1.165, 1.54) is 0 Å². The fourth-order valence-corrected chi connectivity index (χ4v) is 1.02. The Labute approximate surface area is 97.2 Å². The fraction of sp³-hybridized carbons (Fsp3) is 0.818. The molecular weight excluding hydrogens is 204 g/mol. The van der Waals surface area contributed by atoms with Crippen molar-refractivity contribution in [1.29, 1.82) is 0 Å². The summed E-state index contributed by atoms with van der Waals surface area (Å²) in [6.45, 7) is 11.1. The lowest BCUT2D eigenvalue weighted by atomic mass is 10.1. The third kappa shape index (κ3) is 3.81. The number of aromatic nitrogens is 2. The highest BCUT2D eigenvalue weighted by molar-refractivity contribution is 5.23. The Hall–Kier alpha value is -1.10. The Morgan fingerprint density at radius 3 is 2.44 bits per heavy atom. The van der Waals surface area contributed by atoms with Gasteiger partial charge in [0.05, 0.1) is 6.54 Å². The van der Waals surface area contributed by atoms with Crippen LogP contribution in [0.5, 0.6) is 0 Å². The van der Waals surface area contributed by atoms with Gasteiger partial charge in [-0.15, -0.1) is 5.10 Å². The number of anilines is 1. The van der Waals surface area contributed by atoms with Crippen molar-refractivity contribution in [2.45, 2.75) is 52.7 Å². The van der Waals surface area contributed by atoms with E-state index in [0.29, 0.717) is 24.5 Å². The summed E-state index contributed by atoms with van der Waals surface area (Å²) in [6.07, 6.45) is 0. The van der Waals surface area contributed by atoms with Gasteiger partial charge in [-0.05, 0) is 34.6 Å². The SMILES string of the molecule is CC(C)N(C)c1nnc(CNC(C)(C)C)o1. The molecule has 16 heavy (non-hydrogen) atoms. The molecule has 0 spiro atoms. The zero-order chi connectivity index (χ0) is 12.3. The third-order valence-corrected chi connectivity index (χ3v) is 2.30. The van der Waals surface area contributed by atoms with Gasteiger partial charge in [-0.1, -0.05) is 5.10 Å². The van der Waals surface area contributed by atoms with Crippen LogP contribution in [0.1, 0.15) is 40.5 Å². The van der Waals surface area contributed by atoms with Gasteiger partial charge in [0.2, 0.25) is 5.89 Å². The maximum absolute atomic E-state index is 5.54. The first-order valence-corrected chi connectivity index (χ1v) is 5.60. The van der Waals surface area contributed by atoms with Crippen LogP contribution in [0.2, 0.25) is 0 Å². The van der Waals surface area contributed by atoms with Crippen molar-refractivity contribution in [3.63, 3.8) is 0 Å². The van der Waals surface area contributed by atoms with Crippen molar-refractivity contribution in [3.8, 4) is 0 Å². The van der Waals surface area contributed by atoms with Crippen LogP contribution in [0, 0.1) is 0 Å². The van der Waals surface area contributed by atoms with Gasteiger partial charge in [0.1, 0.15) is 0 Å². The first kappa shape index (κ1) is 13.0. The van der Waals surface area contributed by atoms with Crippen LogP contribution in [0.3, 0.4) is 0 Å². The minimum Gasteiger partial charge on any atom is -0.407 e. The number of rotatable bonds is 4. The molecule has 1 aromatic heterocycles. The molecular formula is C11H22N4O. The maximum atomic E-state index is 5.54. The van der Waals surface area contributed by atoms with Gasteiger partial charge in [-0.25, -0.2) is 0 Å². The maximum Gasteiger partial charge on any atom is 0.318 e. The summed E-state index contributed by atoms with van der Waals surface area (Å²) in [4.78, 5) is 1.95. The van der Waals surface area contributed by atoms with Crippen LogP contribution in [0.15, 0.2) is 4.42 Å². The van der Waals surface area contributed by atoms with E-state index < -0.39 is 0 Å². The van der Waals surface area contributed by atoms with Gasteiger partial charge < -0.3 is 14.6 Å². The Balaban J connectivity index is 2.58. The zero-order valence-corrected chi connectivity index (χ0v) is 11.0. The number of nitrogens with one attached hydrogen (secondary N) is 1. The molecule has 0 bridgehead atoms. The Morgan fingerprint density at radius 2 is 1.94 bits per heavy atom. The van der Waals surface area contributed by atoms with Crippen molar-refractivity contribution < 1.29 is 4.42 Å². The van der Waals surface area contributed by atoms with E-state index in [1.54, 1.807) is 0 Å². The molecule has 0 saturated carbocycles. The Morgan fingerprint density at radius 1 is 1.31 bits per heavy atom. The molecule has 5 heteroatoms. The minimum atomic E-state index is 0.0541. The molecule has 0 aromatic carbocycles. The third-order valence-electron chi connectivity index (χ3n) is 2.30. The molecule has 0 fully saturated rings. The number of hydrogen-bond acceptors (Lipinski definition) is 5. The highest BCUT2D eigenvalue weighted by Crippen LogP contribution is 2.13. The van der Waals surface area contributed by atoms with Crippen LogP contribution in [-0.4, -0.2) is 28.8 Å². The van der Waals surface area contributed by atoms with Gasteiger partial charge in [-0.2, -0.15) is 0 Å². The molecule has 5 nitrogen and oxygen atoms in total. The fourth-order valence-electron chi connectivity index (χ4n) is 1.02. The first-order valence-electron chi connectivity index (χ1n) is 5.60. The molecule has 0 aliphatic rings. The summed E-state index contributed by atoms with van der Waals surface area (Å²) < 4.78 is 5.54. The second kappa shape index (κ2) is 4.82. The molecule has 1 N–H and O–H groups in total. The van der Waals surface area contributed by atoms with Crippen LogP contribution in [-0.2, 0) is 6.54 Å². The molecule has 0 aliphatic carbocycles. The van der Waals surface area contributed by atoms with Gasteiger partial charge in [0.15, 0.2) is 0 Å². The van der Waals surface area contributed by atoms with E-state index in [9.17, 15) is 0 Å². The standard InChI is InChI=1S/C11H22N4O/c1-8(2)15(6)10-14-13-9(16-10)7-12-11(3,4)5/h8,12H,7H2,1-6H3. The summed E-state index contributed by atoms with van der Waals surface area (Å²) in [7, 11) is 1.94. The summed E-state index contributed by atoms with van der Waals surface area (Å²) in [5.74, 6) is 0.623. The van der Waals surface area contributed by atoms with E-state index in [1.807, 2.05) is 11.9 Å². The van der Waals surface area contributed by atoms with Crippen molar-refractivity contribution in [1.82, 2.24) is 15.5 Å². The van der Waals surface area contributed by atoms with Crippen LogP contribution in [0.4, 0.5) is 6.01 Å². The molecule has 1 heterocycles. The normalized spacial score (nSPS) is 12.2. The topological polar surface area (TPSA) is 54.2 Å². The number of hydrogen-bond donors (Lipinski definition) is 1. The van der Waals surface area contributed by atoms with Gasteiger partial charge in [-0.3, -0.25) is 0 Å². The molecule has 92 valence electrons. The lowest BCUT2D eigenvalue weighted by Crippen LogP contribution is -2.35. The van der Waals surface area contributed by atoms with Crippen LogP contribution in [0.25, 0.3) is 0 Å². The van der Waals surface area contributed by atoms with Gasteiger partial charge in [0, 0.05) is 18.6 Å². The second-order valence-corrected chi connectivity index (χ2v) is 5.29. The van der Waals surface area contributed by atoms with Crippen LogP contribution >= 0.6 is 0 Å². The quantitative estimate of drug-likeness (QED) is 0.848. The predicted molar refractivity (Wildman–Crippen MR) is 64.4 cm³/mol. The Kier molecular flexibility index (Phi) is 3.91. The van der Waals surface area contributed by atoms with E-state index in [2.05, 4.69) is 50.1 Å². The summed E-state index contributed by atoms with van der Waals surface area (Å²) in [5.41, 5.74) is 0.0541. The predicted octanol–water partition coefficient (Wildman–Crippen LogP) is 1.80. The van der Waals surface area contributed by atoms with E-state index in [-0.39, 0.29) is 5.54 Å². The molecule has 0 unspecified atom stereocenters. The number of nitrogens with zero attached hydrogens (tertiary/aromatic N) is 3. The van der Waals surface area contributed by atoms with E-state index >= 15 is 0 Å². The second-order valence-electron chi connectivity index (χ2n) is 5.29. The largest absolute Gasteiger partial charge is 0.407 e. The van der Waals surface area contributed by atoms with Crippen LogP contribution < -0.4 is 10.2 Å². The lowest BCUT2D eigenvalue weighted by molar-refractivity contribution is 0.380. The molecule has 0 saturated heterocycles. The van der Waals surface area contributed by atoms with Crippen molar-refractivity contribution in [3.05, 3.63) is 5.89 Å². The van der Waals surface area contributed by atoms with Crippen molar-refractivity contribution in [2.24, 2.45) is 0 Å². The Bertz CT molecular complexity index is 327. The molecule has 1 rings (SSSR count). The van der Waals surface area contributed by atoms with Gasteiger partial charge in [0.25, 0.3) is 0 Å². The van der Waals surface area contributed by atoms with Crippen molar-refractivity contribution in [2.75, 3.05) is 11.9 Å².